The number of nitrogens with zero attached hydrogens (tertiary/aromatic N) is 2. The Morgan fingerprint density at radius 1 is 1.03 bits per heavy atom. The topological polar surface area (TPSA) is 76.0 Å². The molecule has 1 aromatic heterocycles. The molecule has 1 unspecified atom stereocenters. The van der Waals surface area contributed by atoms with Gasteiger partial charge in [0.1, 0.15) is 12.4 Å². The van der Waals surface area contributed by atoms with Crippen LogP contribution >= 0.6 is 0 Å². The molecule has 0 fully saturated rings. The largest absolute Gasteiger partial charge is 0.354 e. The molecule has 152 valence electrons. The van der Waals surface area contributed by atoms with Crippen molar-refractivity contribution < 1.29 is 9.59 Å². The highest BCUT2D eigenvalue weighted by molar-refractivity contribution is 5.94. The van der Waals surface area contributed by atoms with E-state index in [-0.39, 0.29) is 24.4 Å². The van der Waals surface area contributed by atoms with Gasteiger partial charge in [0, 0.05) is 12.1 Å². The lowest BCUT2D eigenvalue weighted by atomic mass is 10.1. The summed E-state index contributed by atoms with van der Waals surface area (Å²) in [5.41, 5.74) is 3.37. The Morgan fingerprint density at radius 2 is 1.72 bits per heavy atom. The van der Waals surface area contributed by atoms with E-state index in [0.29, 0.717) is 23.9 Å². The summed E-state index contributed by atoms with van der Waals surface area (Å²) in [6, 6.07) is 14.8. The van der Waals surface area contributed by atoms with Gasteiger partial charge in [0.25, 0.3) is 5.91 Å². The fraction of sp³-hybridized carbons (Fsp3) is 0.348. The van der Waals surface area contributed by atoms with Crippen LogP contribution in [0.4, 0.5) is 0 Å². The van der Waals surface area contributed by atoms with Crippen molar-refractivity contribution in [3.05, 3.63) is 65.5 Å². The number of hydrogen-bond acceptors (Lipinski definition) is 3. The van der Waals surface area contributed by atoms with E-state index in [1.54, 1.807) is 12.1 Å². The van der Waals surface area contributed by atoms with E-state index in [9.17, 15) is 9.59 Å². The van der Waals surface area contributed by atoms with Gasteiger partial charge in [-0.05, 0) is 44.0 Å². The molecule has 0 bridgehead atoms. The molecule has 0 saturated heterocycles. The van der Waals surface area contributed by atoms with Crippen molar-refractivity contribution in [3.63, 3.8) is 0 Å². The zero-order chi connectivity index (χ0) is 21.0. The third kappa shape index (κ3) is 5.02. The predicted molar refractivity (Wildman–Crippen MR) is 115 cm³/mol. The molecule has 0 aliphatic rings. The first-order valence-electron chi connectivity index (χ1n) is 9.94. The van der Waals surface area contributed by atoms with Crippen LogP contribution in [-0.4, -0.2) is 27.9 Å². The van der Waals surface area contributed by atoms with Crippen molar-refractivity contribution in [2.75, 3.05) is 6.54 Å². The SMILES string of the molecule is Cc1ccc(C(=O)NC(C)c2nc3ccccc3n2CC(=O)NCC(C)C)cc1. The number of carbonyl (C=O) groups excluding carboxylic acids is 2. The van der Waals surface area contributed by atoms with Gasteiger partial charge in [-0.2, -0.15) is 0 Å². The van der Waals surface area contributed by atoms with Crippen LogP contribution in [0.2, 0.25) is 0 Å². The fourth-order valence-corrected chi connectivity index (χ4v) is 3.16. The second kappa shape index (κ2) is 8.90. The highest BCUT2D eigenvalue weighted by atomic mass is 16.2. The summed E-state index contributed by atoms with van der Waals surface area (Å²) in [6.07, 6.45) is 0. The second-order valence-corrected chi connectivity index (χ2v) is 7.80. The molecule has 0 spiro atoms. The van der Waals surface area contributed by atoms with E-state index in [4.69, 9.17) is 0 Å². The monoisotopic (exact) mass is 392 g/mol. The van der Waals surface area contributed by atoms with Crippen molar-refractivity contribution in [2.24, 2.45) is 5.92 Å². The number of fused-ring (bicyclic) bond motifs is 1. The number of nitrogens with one attached hydrogen (secondary N) is 2. The summed E-state index contributed by atoms with van der Waals surface area (Å²) in [7, 11) is 0. The van der Waals surface area contributed by atoms with Crippen LogP contribution in [-0.2, 0) is 11.3 Å². The van der Waals surface area contributed by atoms with Crippen molar-refractivity contribution >= 4 is 22.8 Å². The molecule has 1 atom stereocenters. The maximum atomic E-state index is 12.6. The van der Waals surface area contributed by atoms with E-state index in [0.717, 1.165) is 16.6 Å². The minimum Gasteiger partial charge on any atom is -0.354 e. The molecule has 3 aromatic rings. The van der Waals surface area contributed by atoms with Gasteiger partial charge in [0.15, 0.2) is 0 Å². The van der Waals surface area contributed by atoms with Crippen LogP contribution in [0.25, 0.3) is 11.0 Å². The molecule has 6 nitrogen and oxygen atoms in total. The van der Waals surface area contributed by atoms with Crippen LogP contribution in [0, 0.1) is 12.8 Å². The van der Waals surface area contributed by atoms with E-state index >= 15 is 0 Å². The first-order chi connectivity index (χ1) is 13.8. The third-order valence-corrected chi connectivity index (χ3v) is 4.74. The van der Waals surface area contributed by atoms with Crippen LogP contribution in [0.5, 0.6) is 0 Å². The van der Waals surface area contributed by atoms with E-state index in [1.807, 2.05) is 54.8 Å². The molecule has 0 radical (unpaired) electrons. The zero-order valence-corrected chi connectivity index (χ0v) is 17.4. The number of hydrogen-bond donors (Lipinski definition) is 2. The standard InChI is InChI=1S/C23H28N4O2/c1-15(2)13-24-21(28)14-27-20-8-6-5-7-19(20)26-22(27)17(4)25-23(29)18-11-9-16(3)10-12-18/h5-12,15,17H,13-14H2,1-4H3,(H,24,28)(H,25,29). The molecule has 0 aliphatic heterocycles. The van der Waals surface area contributed by atoms with Crippen LogP contribution in [0.15, 0.2) is 48.5 Å². The lowest BCUT2D eigenvalue weighted by molar-refractivity contribution is -0.121. The van der Waals surface area contributed by atoms with Crippen molar-refractivity contribution in [2.45, 2.75) is 40.3 Å². The molecule has 0 saturated carbocycles. The highest BCUT2D eigenvalue weighted by Crippen LogP contribution is 2.21. The van der Waals surface area contributed by atoms with Crippen LogP contribution in [0.1, 0.15) is 48.6 Å². The Labute approximate surface area is 171 Å². The Kier molecular flexibility index (Phi) is 6.32. The van der Waals surface area contributed by atoms with E-state index in [1.165, 1.54) is 0 Å². The third-order valence-electron chi connectivity index (χ3n) is 4.74. The number of rotatable bonds is 7. The molecule has 1 heterocycles. The molecule has 2 N–H and O–H groups in total. The Morgan fingerprint density at radius 3 is 2.41 bits per heavy atom. The minimum absolute atomic E-state index is 0.0693. The van der Waals surface area contributed by atoms with Crippen LogP contribution in [0.3, 0.4) is 0 Å². The Bertz CT molecular complexity index is 1010. The summed E-state index contributed by atoms with van der Waals surface area (Å²) >= 11 is 0. The molecular weight excluding hydrogens is 364 g/mol. The maximum Gasteiger partial charge on any atom is 0.251 e. The maximum absolute atomic E-state index is 12.6. The molecule has 29 heavy (non-hydrogen) atoms. The summed E-state index contributed by atoms with van der Waals surface area (Å²) in [4.78, 5) is 29.8. The molecule has 2 amide bonds. The lowest BCUT2D eigenvalue weighted by Crippen LogP contribution is -2.33. The Balaban J connectivity index is 1.84. The predicted octanol–water partition coefficient (Wildman–Crippen LogP) is 3.61. The van der Waals surface area contributed by atoms with Gasteiger partial charge in [-0.25, -0.2) is 4.98 Å². The number of aryl methyl sites for hydroxylation is 1. The summed E-state index contributed by atoms with van der Waals surface area (Å²) in [5, 5.41) is 5.95. The van der Waals surface area contributed by atoms with Crippen LogP contribution < -0.4 is 10.6 Å². The fourth-order valence-electron chi connectivity index (χ4n) is 3.16. The number of para-hydroxylation sites is 2. The normalized spacial score (nSPS) is 12.2. The zero-order valence-electron chi connectivity index (χ0n) is 17.4. The minimum atomic E-state index is -0.353. The summed E-state index contributed by atoms with van der Waals surface area (Å²) in [5.74, 6) is 0.803. The molecule has 6 heteroatoms. The first-order valence-corrected chi connectivity index (χ1v) is 9.94. The average molecular weight is 393 g/mol. The van der Waals surface area contributed by atoms with E-state index < -0.39 is 0 Å². The number of benzene rings is 2. The highest BCUT2D eigenvalue weighted by Gasteiger charge is 2.20. The number of carbonyl (C=O) groups is 2. The number of amides is 2. The average Bonchev–Trinajstić information content (AvgIpc) is 3.05. The van der Waals surface area contributed by atoms with Gasteiger partial charge < -0.3 is 15.2 Å². The number of aromatic nitrogens is 2. The van der Waals surface area contributed by atoms with Crippen molar-refractivity contribution in [3.8, 4) is 0 Å². The summed E-state index contributed by atoms with van der Waals surface area (Å²) in [6.45, 7) is 8.77. The molecular formula is C23H28N4O2. The van der Waals surface area contributed by atoms with Gasteiger partial charge >= 0.3 is 0 Å². The van der Waals surface area contributed by atoms with Gasteiger partial charge in [-0.1, -0.05) is 43.7 Å². The smallest absolute Gasteiger partial charge is 0.251 e. The Hall–Kier alpha value is -3.15. The first kappa shape index (κ1) is 20.6. The van der Waals surface area contributed by atoms with Gasteiger partial charge in [-0.15, -0.1) is 0 Å². The van der Waals surface area contributed by atoms with Gasteiger partial charge in [0.2, 0.25) is 5.91 Å². The quantitative estimate of drug-likeness (QED) is 0.645. The second-order valence-electron chi connectivity index (χ2n) is 7.80. The van der Waals surface area contributed by atoms with E-state index in [2.05, 4.69) is 29.5 Å². The van der Waals surface area contributed by atoms with Gasteiger partial charge in [0.05, 0.1) is 17.1 Å². The summed E-state index contributed by atoms with van der Waals surface area (Å²) < 4.78 is 1.88. The van der Waals surface area contributed by atoms with Crippen molar-refractivity contribution in [1.29, 1.82) is 0 Å². The van der Waals surface area contributed by atoms with Crippen molar-refractivity contribution in [1.82, 2.24) is 20.2 Å². The molecule has 3 rings (SSSR count). The number of imidazole rings is 1. The molecule has 2 aromatic carbocycles. The van der Waals surface area contributed by atoms with Gasteiger partial charge in [-0.3, -0.25) is 9.59 Å². The lowest BCUT2D eigenvalue weighted by Gasteiger charge is -2.17. The molecule has 0 aliphatic carbocycles.